The number of carbonyl (C=O) groups is 2. The number of H-pyrrole nitrogens is 1. The van der Waals surface area contributed by atoms with Crippen molar-refractivity contribution in [3.05, 3.63) is 72.4 Å². The summed E-state index contributed by atoms with van der Waals surface area (Å²) in [6, 6.07) is 19.3. The number of amides is 2. The first-order valence-corrected chi connectivity index (χ1v) is 13.1. The summed E-state index contributed by atoms with van der Waals surface area (Å²) in [6.07, 6.45) is 2.59. The Hall–Kier alpha value is -4.11. The number of nitrogens with zero attached hydrogens (tertiary/aromatic N) is 1. The molecule has 4 aromatic rings. The second kappa shape index (κ2) is 8.77. The molecule has 0 spiro atoms. The van der Waals surface area contributed by atoms with Crippen LogP contribution in [-0.4, -0.2) is 41.9 Å². The number of hydrogen-bond donors (Lipinski definition) is 3. The molecule has 3 aromatic carbocycles. The van der Waals surface area contributed by atoms with E-state index in [0.717, 1.165) is 58.2 Å². The number of para-hydroxylation sites is 1. The largest absolute Gasteiger partial charge is 0.454 e. The number of thioether (sulfide) groups is 1. The summed E-state index contributed by atoms with van der Waals surface area (Å²) in [5, 5.41) is 6.80. The SMILES string of the molecule is O=C(Nc1c[nH]c2ccccc12)c1ccc2c(c1)NC(=O)C(CC1CN(c3ccc4c(c3)OCO4)C1)S2. The van der Waals surface area contributed by atoms with Crippen molar-refractivity contribution in [1.82, 2.24) is 4.98 Å². The molecule has 7 rings (SSSR count). The molecule has 3 N–H and O–H groups in total. The first kappa shape index (κ1) is 22.1. The second-order valence-electron chi connectivity index (χ2n) is 9.55. The molecule has 8 nitrogen and oxygen atoms in total. The van der Waals surface area contributed by atoms with Gasteiger partial charge >= 0.3 is 0 Å². The molecular formula is C28H24N4O4S. The van der Waals surface area contributed by atoms with E-state index in [4.69, 9.17) is 9.47 Å². The Morgan fingerprint density at radius 1 is 1.05 bits per heavy atom. The highest BCUT2D eigenvalue weighted by atomic mass is 32.2. The van der Waals surface area contributed by atoms with Gasteiger partial charge in [0.05, 0.1) is 16.6 Å². The van der Waals surface area contributed by atoms with Crippen LogP contribution < -0.4 is 25.0 Å². The number of anilines is 3. The van der Waals surface area contributed by atoms with E-state index in [-0.39, 0.29) is 23.9 Å². The fourth-order valence-electron chi connectivity index (χ4n) is 5.13. The van der Waals surface area contributed by atoms with Crippen LogP contribution in [0.25, 0.3) is 10.9 Å². The first-order valence-electron chi connectivity index (χ1n) is 12.2. The van der Waals surface area contributed by atoms with E-state index in [1.807, 2.05) is 54.6 Å². The molecule has 1 fully saturated rings. The van der Waals surface area contributed by atoms with E-state index in [1.165, 1.54) is 0 Å². The monoisotopic (exact) mass is 512 g/mol. The lowest BCUT2D eigenvalue weighted by Crippen LogP contribution is -2.49. The van der Waals surface area contributed by atoms with E-state index >= 15 is 0 Å². The predicted molar refractivity (Wildman–Crippen MR) is 144 cm³/mol. The van der Waals surface area contributed by atoms with Gasteiger partial charge in [0.2, 0.25) is 12.7 Å². The number of carbonyl (C=O) groups excluding carboxylic acids is 2. The molecule has 1 unspecified atom stereocenters. The van der Waals surface area contributed by atoms with Gasteiger partial charge in [-0.3, -0.25) is 9.59 Å². The molecule has 1 aromatic heterocycles. The molecule has 3 aliphatic rings. The van der Waals surface area contributed by atoms with Crippen molar-refractivity contribution in [2.75, 3.05) is 35.4 Å². The van der Waals surface area contributed by atoms with Crippen molar-refractivity contribution < 1.29 is 19.1 Å². The Morgan fingerprint density at radius 2 is 1.92 bits per heavy atom. The minimum absolute atomic E-state index is 0.00628. The van der Waals surface area contributed by atoms with Gasteiger partial charge < -0.3 is 30.0 Å². The Kier molecular flexibility index (Phi) is 5.24. The molecule has 1 atom stereocenters. The Balaban J connectivity index is 0.985. The zero-order chi connectivity index (χ0) is 24.9. The van der Waals surface area contributed by atoms with E-state index in [9.17, 15) is 9.59 Å². The van der Waals surface area contributed by atoms with E-state index in [2.05, 4.69) is 20.5 Å². The summed E-state index contributed by atoms with van der Waals surface area (Å²) in [4.78, 5) is 32.3. The van der Waals surface area contributed by atoms with Crippen molar-refractivity contribution in [2.24, 2.45) is 5.92 Å². The average Bonchev–Trinajstić information content (AvgIpc) is 3.52. The topological polar surface area (TPSA) is 95.7 Å². The minimum atomic E-state index is -0.216. The van der Waals surface area contributed by atoms with E-state index < -0.39 is 0 Å². The third-order valence-electron chi connectivity index (χ3n) is 7.12. The van der Waals surface area contributed by atoms with Crippen molar-refractivity contribution in [3.8, 4) is 11.5 Å². The van der Waals surface area contributed by atoms with Gasteiger partial charge in [0.1, 0.15) is 0 Å². The van der Waals surface area contributed by atoms with Crippen molar-refractivity contribution in [1.29, 1.82) is 0 Å². The Labute approximate surface area is 217 Å². The van der Waals surface area contributed by atoms with E-state index in [1.54, 1.807) is 24.0 Å². The van der Waals surface area contributed by atoms with Gasteiger partial charge in [-0.05, 0) is 48.7 Å². The predicted octanol–water partition coefficient (Wildman–Crippen LogP) is 5.09. The van der Waals surface area contributed by atoms with Crippen LogP contribution in [-0.2, 0) is 4.79 Å². The molecule has 0 saturated carbocycles. The van der Waals surface area contributed by atoms with Crippen LogP contribution in [0.1, 0.15) is 16.8 Å². The standard InChI is InChI=1S/C28H24N4O4S/c33-27(31-22-12-29-20-4-2-1-3-19(20)22)17-5-8-25-21(10-17)30-28(34)26(37-25)9-16-13-32(14-16)18-6-7-23-24(11-18)36-15-35-23/h1-8,10-12,16,26,29H,9,13-15H2,(H,30,34)(H,31,33). The van der Waals surface area contributed by atoms with Gasteiger partial charge in [-0.25, -0.2) is 0 Å². The highest BCUT2D eigenvalue weighted by Crippen LogP contribution is 2.42. The number of fused-ring (bicyclic) bond motifs is 3. The second-order valence-corrected chi connectivity index (χ2v) is 10.8. The van der Waals surface area contributed by atoms with Crippen molar-refractivity contribution in [3.63, 3.8) is 0 Å². The molecule has 0 radical (unpaired) electrons. The number of aromatic nitrogens is 1. The molecule has 4 heterocycles. The smallest absolute Gasteiger partial charge is 0.255 e. The van der Waals surface area contributed by atoms with Crippen LogP contribution in [0.3, 0.4) is 0 Å². The fourth-order valence-corrected chi connectivity index (χ4v) is 6.36. The van der Waals surface area contributed by atoms with Crippen LogP contribution >= 0.6 is 11.8 Å². The van der Waals surface area contributed by atoms with Gasteiger partial charge in [-0.2, -0.15) is 0 Å². The zero-order valence-corrected chi connectivity index (χ0v) is 20.6. The normalized spacial score (nSPS) is 18.3. The number of rotatable bonds is 5. The summed E-state index contributed by atoms with van der Waals surface area (Å²) >= 11 is 1.58. The maximum absolute atomic E-state index is 12.9. The molecule has 2 amide bonds. The molecular weight excluding hydrogens is 488 g/mol. The van der Waals surface area contributed by atoms with Gasteiger partial charge in [-0.15, -0.1) is 11.8 Å². The van der Waals surface area contributed by atoms with E-state index in [0.29, 0.717) is 17.2 Å². The lowest BCUT2D eigenvalue weighted by molar-refractivity contribution is -0.116. The molecule has 3 aliphatic heterocycles. The average molecular weight is 513 g/mol. The highest BCUT2D eigenvalue weighted by Gasteiger charge is 2.35. The van der Waals surface area contributed by atoms with Gasteiger partial charge in [0, 0.05) is 52.4 Å². The zero-order valence-electron chi connectivity index (χ0n) is 19.8. The van der Waals surface area contributed by atoms with Crippen molar-refractivity contribution >= 4 is 51.5 Å². The summed E-state index contributed by atoms with van der Waals surface area (Å²) < 4.78 is 10.9. The van der Waals surface area contributed by atoms with Gasteiger partial charge in [0.25, 0.3) is 5.91 Å². The summed E-state index contributed by atoms with van der Waals surface area (Å²) in [7, 11) is 0. The lowest BCUT2D eigenvalue weighted by Gasteiger charge is -2.42. The van der Waals surface area contributed by atoms with Gasteiger partial charge in [-0.1, -0.05) is 18.2 Å². The fraction of sp³-hybridized carbons (Fsp3) is 0.214. The third kappa shape index (κ3) is 4.05. The number of aromatic amines is 1. The van der Waals surface area contributed by atoms with Crippen molar-refractivity contribution in [2.45, 2.75) is 16.6 Å². The van der Waals surface area contributed by atoms with Crippen LogP contribution in [0.15, 0.2) is 71.8 Å². The lowest BCUT2D eigenvalue weighted by atomic mass is 9.93. The molecule has 1 saturated heterocycles. The first-order chi connectivity index (χ1) is 18.1. The highest BCUT2D eigenvalue weighted by molar-refractivity contribution is 8.01. The van der Waals surface area contributed by atoms with Crippen LogP contribution in [0.2, 0.25) is 0 Å². The summed E-state index contributed by atoms with van der Waals surface area (Å²) in [5.74, 6) is 1.79. The molecule has 0 bridgehead atoms. The molecule has 0 aliphatic carbocycles. The summed E-state index contributed by atoms with van der Waals surface area (Å²) in [6.45, 7) is 2.08. The van der Waals surface area contributed by atoms with Crippen LogP contribution in [0.4, 0.5) is 17.1 Å². The number of benzene rings is 3. The number of nitrogens with one attached hydrogen (secondary N) is 3. The summed E-state index contributed by atoms with van der Waals surface area (Å²) in [5.41, 5.74) is 4.00. The molecule has 9 heteroatoms. The maximum Gasteiger partial charge on any atom is 0.255 e. The van der Waals surface area contributed by atoms with Crippen LogP contribution in [0.5, 0.6) is 11.5 Å². The quantitative estimate of drug-likeness (QED) is 0.345. The maximum atomic E-state index is 12.9. The van der Waals surface area contributed by atoms with Crippen LogP contribution in [0, 0.1) is 5.92 Å². The Bertz CT molecular complexity index is 1540. The molecule has 186 valence electrons. The van der Waals surface area contributed by atoms with Gasteiger partial charge in [0.15, 0.2) is 11.5 Å². The Morgan fingerprint density at radius 3 is 2.84 bits per heavy atom. The number of ether oxygens (including phenoxy) is 2. The minimum Gasteiger partial charge on any atom is -0.454 e. The number of hydrogen-bond acceptors (Lipinski definition) is 6. The molecule has 37 heavy (non-hydrogen) atoms. The third-order valence-corrected chi connectivity index (χ3v) is 8.43.